The monoisotopic (exact) mass is 388 g/mol. The van der Waals surface area contributed by atoms with Crippen molar-refractivity contribution in [1.82, 2.24) is 9.29 Å². The summed E-state index contributed by atoms with van der Waals surface area (Å²) in [6.07, 6.45) is 2.53. The number of aryl methyl sites for hydroxylation is 2. The molecule has 1 aromatic carbocycles. The number of sulfonamides is 1. The summed E-state index contributed by atoms with van der Waals surface area (Å²) in [5.74, 6) is -0.964. The van der Waals surface area contributed by atoms with Crippen molar-refractivity contribution >= 4 is 33.0 Å². The van der Waals surface area contributed by atoms with E-state index in [1.807, 2.05) is 6.92 Å². The van der Waals surface area contributed by atoms with Crippen LogP contribution in [0.25, 0.3) is 0 Å². The van der Waals surface area contributed by atoms with Gasteiger partial charge in [-0.1, -0.05) is 11.6 Å². The Morgan fingerprint density at radius 3 is 2.96 bits per heavy atom. The van der Waals surface area contributed by atoms with Gasteiger partial charge in [-0.25, -0.2) is 17.8 Å². The fraction of sp³-hybridized carbons (Fsp3) is 0.438. The van der Waals surface area contributed by atoms with Crippen molar-refractivity contribution in [2.75, 3.05) is 7.05 Å². The first-order chi connectivity index (χ1) is 11.3. The van der Waals surface area contributed by atoms with Crippen molar-refractivity contribution in [2.24, 2.45) is 0 Å². The van der Waals surface area contributed by atoms with Crippen molar-refractivity contribution in [1.29, 1.82) is 0 Å². The highest BCUT2D eigenvalue weighted by Crippen LogP contribution is 2.39. The third-order valence-corrected chi connectivity index (χ3v) is 7.41. The Hall–Kier alpha value is -1.02. The normalized spacial score (nSPS) is 18.0. The lowest BCUT2D eigenvalue weighted by Crippen LogP contribution is -2.33. The highest BCUT2D eigenvalue weighted by molar-refractivity contribution is 7.88. The summed E-state index contributed by atoms with van der Waals surface area (Å²) >= 11 is 7.40. The number of thiazole rings is 1. The number of fused-ring (bicyclic) bond motifs is 1. The van der Waals surface area contributed by atoms with E-state index in [9.17, 15) is 12.8 Å². The molecule has 0 aliphatic heterocycles. The SMILES string of the molecule is Cc1nc2c(s1)C(N(C)S(=O)(=O)Cc1cc(Cl)ccc1F)CCC2. The minimum atomic E-state index is -3.67. The van der Waals surface area contributed by atoms with E-state index < -0.39 is 21.6 Å². The zero-order valence-corrected chi connectivity index (χ0v) is 15.8. The van der Waals surface area contributed by atoms with Gasteiger partial charge in [-0.05, 0) is 44.4 Å². The molecule has 130 valence electrons. The Labute approximate surface area is 150 Å². The average molecular weight is 389 g/mol. The van der Waals surface area contributed by atoms with Gasteiger partial charge in [-0.15, -0.1) is 11.3 Å². The second-order valence-corrected chi connectivity index (χ2v) is 9.66. The van der Waals surface area contributed by atoms with E-state index in [1.54, 1.807) is 18.4 Å². The predicted octanol–water partition coefficient (Wildman–Crippen LogP) is 4.08. The van der Waals surface area contributed by atoms with Crippen LogP contribution in [0.2, 0.25) is 5.02 Å². The van der Waals surface area contributed by atoms with E-state index in [4.69, 9.17) is 11.6 Å². The molecule has 0 spiro atoms. The highest BCUT2D eigenvalue weighted by Gasteiger charge is 2.33. The third-order valence-electron chi connectivity index (χ3n) is 4.25. The second kappa shape index (κ2) is 6.71. The number of nitrogens with zero attached hydrogens (tertiary/aromatic N) is 2. The van der Waals surface area contributed by atoms with E-state index in [1.165, 1.54) is 22.5 Å². The summed E-state index contributed by atoms with van der Waals surface area (Å²) in [7, 11) is -2.11. The van der Waals surface area contributed by atoms with Crippen LogP contribution in [-0.2, 0) is 22.2 Å². The lowest BCUT2D eigenvalue weighted by atomic mass is 9.98. The van der Waals surface area contributed by atoms with E-state index in [0.29, 0.717) is 5.02 Å². The standard InChI is InChI=1S/C16H18ClFN2O2S2/c1-10-19-14-4-3-5-15(16(14)23-10)20(2)24(21,22)9-11-8-12(17)6-7-13(11)18/h6-8,15H,3-5,9H2,1-2H3. The molecule has 0 saturated heterocycles. The maximum absolute atomic E-state index is 13.9. The molecule has 8 heteroatoms. The molecule has 24 heavy (non-hydrogen) atoms. The van der Waals surface area contributed by atoms with Gasteiger partial charge in [0.05, 0.1) is 22.5 Å². The number of hydrogen-bond donors (Lipinski definition) is 0. The van der Waals surface area contributed by atoms with Crippen LogP contribution in [0.4, 0.5) is 4.39 Å². The molecule has 0 N–H and O–H groups in total. The zero-order valence-electron chi connectivity index (χ0n) is 13.4. The summed E-state index contributed by atoms with van der Waals surface area (Å²) in [4.78, 5) is 5.51. The summed E-state index contributed by atoms with van der Waals surface area (Å²) in [5.41, 5.74) is 1.08. The van der Waals surface area contributed by atoms with Crippen LogP contribution in [0.1, 0.15) is 40.0 Å². The van der Waals surface area contributed by atoms with Gasteiger partial charge in [0.2, 0.25) is 10.0 Å². The molecule has 1 aromatic heterocycles. The molecular weight excluding hydrogens is 371 g/mol. The summed E-state index contributed by atoms with van der Waals surface area (Å²) in [5, 5.41) is 1.26. The van der Waals surface area contributed by atoms with E-state index in [-0.39, 0.29) is 11.6 Å². The molecule has 1 unspecified atom stereocenters. The van der Waals surface area contributed by atoms with Crippen LogP contribution in [0.3, 0.4) is 0 Å². The lowest BCUT2D eigenvalue weighted by molar-refractivity contribution is 0.340. The van der Waals surface area contributed by atoms with Gasteiger partial charge in [0.25, 0.3) is 0 Å². The first-order valence-corrected chi connectivity index (χ1v) is 10.4. The molecule has 0 bridgehead atoms. The molecule has 0 fully saturated rings. The topological polar surface area (TPSA) is 50.3 Å². The molecule has 0 amide bonds. The lowest BCUT2D eigenvalue weighted by Gasteiger charge is -2.30. The second-order valence-electron chi connectivity index (χ2n) is 5.96. The molecule has 1 atom stereocenters. The predicted molar refractivity (Wildman–Crippen MR) is 94.3 cm³/mol. The molecule has 0 saturated carbocycles. The van der Waals surface area contributed by atoms with Gasteiger partial charge in [0.15, 0.2) is 0 Å². The number of halogens is 2. The van der Waals surface area contributed by atoms with Crippen molar-refractivity contribution in [3.8, 4) is 0 Å². The van der Waals surface area contributed by atoms with Crippen LogP contribution >= 0.6 is 22.9 Å². The Morgan fingerprint density at radius 2 is 2.21 bits per heavy atom. The Kier molecular flexibility index (Phi) is 4.97. The smallest absolute Gasteiger partial charge is 0.218 e. The van der Waals surface area contributed by atoms with Crippen molar-refractivity contribution in [3.63, 3.8) is 0 Å². The van der Waals surface area contributed by atoms with Crippen LogP contribution in [-0.4, -0.2) is 24.8 Å². The van der Waals surface area contributed by atoms with Crippen molar-refractivity contribution < 1.29 is 12.8 Å². The molecule has 0 radical (unpaired) electrons. The van der Waals surface area contributed by atoms with E-state index in [0.717, 1.165) is 34.8 Å². The van der Waals surface area contributed by atoms with Gasteiger partial charge in [0, 0.05) is 22.5 Å². The highest BCUT2D eigenvalue weighted by atomic mass is 35.5. The number of rotatable bonds is 4. The van der Waals surface area contributed by atoms with Gasteiger partial charge < -0.3 is 0 Å². The first kappa shape index (κ1) is 17.8. The Bertz CT molecular complexity index is 867. The summed E-state index contributed by atoms with van der Waals surface area (Å²) in [6, 6.07) is 3.74. The average Bonchev–Trinajstić information content (AvgIpc) is 2.90. The van der Waals surface area contributed by atoms with Crippen LogP contribution in [0, 0.1) is 12.7 Å². The fourth-order valence-corrected chi connectivity index (χ4v) is 5.84. The molecule has 4 nitrogen and oxygen atoms in total. The summed E-state index contributed by atoms with van der Waals surface area (Å²) in [6.45, 7) is 1.93. The molecule has 3 rings (SSSR count). The van der Waals surface area contributed by atoms with Crippen LogP contribution in [0.15, 0.2) is 18.2 Å². The molecule has 1 aliphatic rings. The fourth-order valence-electron chi connectivity index (χ4n) is 3.01. The van der Waals surface area contributed by atoms with Gasteiger partial charge >= 0.3 is 0 Å². The zero-order chi connectivity index (χ0) is 17.5. The number of benzene rings is 1. The van der Waals surface area contributed by atoms with Gasteiger partial charge in [-0.3, -0.25) is 0 Å². The Balaban J connectivity index is 1.89. The van der Waals surface area contributed by atoms with Gasteiger partial charge in [-0.2, -0.15) is 4.31 Å². The van der Waals surface area contributed by atoms with Crippen LogP contribution < -0.4 is 0 Å². The van der Waals surface area contributed by atoms with E-state index in [2.05, 4.69) is 4.98 Å². The maximum Gasteiger partial charge on any atom is 0.218 e. The molecular formula is C16H18ClFN2O2S2. The van der Waals surface area contributed by atoms with Crippen LogP contribution in [0.5, 0.6) is 0 Å². The van der Waals surface area contributed by atoms with E-state index >= 15 is 0 Å². The first-order valence-electron chi connectivity index (χ1n) is 7.64. The van der Waals surface area contributed by atoms with Crippen molar-refractivity contribution in [3.05, 3.63) is 50.2 Å². The summed E-state index contributed by atoms with van der Waals surface area (Å²) < 4.78 is 40.8. The molecule has 1 heterocycles. The largest absolute Gasteiger partial charge is 0.246 e. The minimum Gasteiger partial charge on any atom is -0.246 e. The Morgan fingerprint density at radius 1 is 1.46 bits per heavy atom. The number of aromatic nitrogens is 1. The number of hydrogen-bond acceptors (Lipinski definition) is 4. The quantitative estimate of drug-likeness (QED) is 0.792. The van der Waals surface area contributed by atoms with Gasteiger partial charge in [0.1, 0.15) is 5.82 Å². The molecule has 2 aromatic rings. The molecule has 1 aliphatic carbocycles. The third kappa shape index (κ3) is 3.49. The maximum atomic E-state index is 13.9. The van der Waals surface area contributed by atoms with Crippen molar-refractivity contribution in [2.45, 2.75) is 38.0 Å². The minimum absolute atomic E-state index is 0.0888.